The van der Waals surface area contributed by atoms with Gasteiger partial charge in [0.2, 0.25) is 5.91 Å². The molecule has 0 spiro atoms. The number of benzene rings is 1. The Morgan fingerprint density at radius 1 is 0.950 bits per heavy atom. The molecule has 6 heteroatoms. The molecule has 102 valence electrons. The van der Waals surface area contributed by atoms with E-state index in [2.05, 4.69) is 9.39 Å². The van der Waals surface area contributed by atoms with Crippen LogP contribution in [0.5, 0.6) is 0 Å². The predicted molar refractivity (Wildman–Crippen MR) is 77.5 cm³/mol. The van der Waals surface area contributed by atoms with Gasteiger partial charge in [0.05, 0.1) is 16.3 Å². The minimum absolute atomic E-state index is 0.137. The van der Waals surface area contributed by atoms with Gasteiger partial charge in [0, 0.05) is 6.92 Å². The third-order valence-corrected chi connectivity index (χ3v) is 3.72. The van der Waals surface area contributed by atoms with Crippen molar-refractivity contribution < 1.29 is 13.2 Å². The number of amides is 1. The summed E-state index contributed by atoms with van der Waals surface area (Å²) in [4.78, 5) is 14.7. The minimum atomic E-state index is -3.72. The summed E-state index contributed by atoms with van der Waals surface area (Å²) in [5.74, 6) is -0.313. The van der Waals surface area contributed by atoms with Gasteiger partial charge in [0.15, 0.2) is 0 Å². The van der Waals surface area contributed by atoms with E-state index < -0.39 is 10.0 Å². The van der Waals surface area contributed by atoms with Gasteiger partial charge in [-0.3, -0.25) is 4.79 Å². The second-order valence-corrected chi connectivity index (χ2v) is 5.63. The lowest BCUT2D eigenvalue weighted by atomic mass is 10.1. The first-order valence-electron chi connectivity index (χ1n) is 5.83. The highest BCUT2D eigenvalue weighted by Gasteiger charge is 2.12. The molecular weight excluding hydrogens is 276 g/mol. The molecule has 1 aromatic rings. The van der Waals surface area contributed by atoms with E-state index in [0.717, 1.165) is 0 Å². The normalized spacial score (nSPS) is 14.2. The molecule has 0 N–H and O–H groups in total. The van der Waals surface area contributed by atoms with Crippen molar-refractivity contribution in [2.24, 2.45) is 9.39 Å². The summed E-state index contributed by atoms with van der Waals surface area (Å²) in [5, 5.41) is 0. The number of allylic oxidation sites excluding steroid dienone is 4. The lowest BCUT2D eigenvalue weighted by molar-refractivity contribution is -0.115. The molecule has 1 aromatic carbocycles. The number of nitrogens with zero attached hydrogens (tertiary/aromatic N) is 2. The van der Waals surface area contributed by atoms with Crippen molar-refractivity contribution in [2.75, 3.05) is 0 Å². The molecule has 0 radical (unpaired) electrons. The van der Waals surface area contributed by atoms with E-state index in [1.54, 1.807) is 30.4 Å². The molecule has 0 saturated carbocycles. The van der Waals surface area contributed by atoms with Gasteiger partial charge >= 0.3 is 0 Å². The molecule has 0 heterocycles. The minimum Gasteiger partial charge on any atom is -0.273 e. The molecule has 1 aliphatic rings. The highest BCUT2D eigenvalue weighted by molar-refractivity contribution is 7.90. The van der Waals surface area contributed by atoms with Crippen molar-refractivity contribution in [2.45, 2.75) is 11.8 Å². The SMILES string of the molecule is CC(=O)N=C1C=CC(=NS(=O)(=O)c2ccccc2)C=C1. The maximum Gasteiger partial charge on any atom is 0.282 e. The van der Waals surface area contributed by atoms with Crippen LogP contribution < -0.4 is 0 Å². The molecule has 2 rings (SSSR count). The Labute approximate surface area is 117 Å². The van der Waals surface area contributed by atoms with Gasteiger partial charge in [-0.25, -0.2) is 4.99 Å². The second-order valence-electron chi connectivity index (χ2n) is 4.03. The number of carbonyl (C=O) groups excluding carboxylic acids is 1. The molecule has 0 atom stereocenters. The van der Waals surface area contributed by atoms with Crippen LogP contribution in [0.2, 0.25) is 0 Å². The van der Waals surface area contributed by atoms with Crippen LogP contribution >= 0.6 is 0 Å². The second kappa shape index (κ2) is 5.75. The molecular formula is C14H12N2O3S. The summed E-state index contributed by atoms with van der Waals surface area (Å²) >= 11 is 0. The average Bonchev–Trinajstić information content (AvgIpc) is 2.41. The Morgan fingerprint density at radius 3 is 2.05 bits per heavy atom. The lowest BCUT2D eigenvalue weighted by Gasteiger charge is -2.03. The van der Waals surface area contributed by atoms with Gasteiger partial charge in [-0.15, -0.1) is 0 Å². The van der Waals surface area contributed by atoms with Crippen LogP contribution in [0.4, 0.5) is 0 Å². The lowest BCUT2D eigenvalue weighted by Crippen LogP contribution is -2.05. The van der Waals surface area contributed by atoms with E-state index in [1.807, 2.05) is 0 Å². The smallest absolute Gasteiger partial charge is 0.273 e. The third-order valence-electron chi connectivity index (χ3n) is 2.40. The van der Waals surface area contributed by atoms with Gasteiger partial charge in [-0.2, -0.15) is 12.8 Å². The van der Waals surface area contributed by atoms with E-state index in [1.165, 1.54) is 31.2 Å². The molecule has 0 aromatic heterocycles. The summed E-state index contributed by atoms with van der Waals surface area (Å²) < 4.78 is 27.8. The zero-order chi connectivity index (χ0) is 14.6. The Hall–Kier alpha value is -2.34. The van der Waals surface area contributed by atoms with Crippen LogP contribution in [0.25, 0.3) is 0 Å². The standard InChI is InChI=1S/C14H12N2O3S/c1-11(17)15-12-7-9-13(10-8-12)16-20(18,19)14-5-3-2-4-6-14/h2-10H,1H3. The Bertz CT molecular complexity index is 724. The zero-order valence-corrected chi connectivity index (χ0v) is 11.5. The molecule has 1 aliphatic carbocycles. The summed E-state index contributed by atoms with van der Waals surface area (Å²) in [6, 6.07) is 7.97. The highest BCUT2D eigenvalue weighted by Crippen LogP contribution is 2.12. The summed E-state index contributed by atoms with van der Waals surface area (Å²) in [5.41, 5.74) is 0.755. The topological polar surface area (TPSA) is 75.9 Å². The predicted octanol–water partition coefficient (Wildman–Crippen LogP) is 1.93. The molecule has 0 unspecified atom stereocenters. The number of rotatable bonds is 2. The van der Waals surface area contributed by atoms with Crippen LogP contribution in [-0.2, 0) is 14.8 Å². The van der Waals surface area contributed by atoms with Crippen LogP contribution in [0.15, 0.2) is 68.9 Å². The number of hydrogen-bond acceptors (Lipinski definition) is 3. The Kier molecular flexibility index (Phi) is 4.05. The molecule has 20 heavy (non-hydrogen) atoms. The third kappa shape index (κ3) is 3.58. The number of hydrogen-bond donors (Lipinski definition) is 0. The van der Waals surface area contributed by atoms with Crippen molar-refractivity contribution in [1.82, 2.24) is 0 Å². The van der Waals surface area contributed by atoms with E-state index in [4.69, 9.17) is 0 Å². The fourth-order valence-corrected chi connectivity index (χ4v) is 2.56. The van der Waals surface area contributed by atoms with Crippen molar-refractivity contribution in [3.63, 3.8) is 0 Å². The van der Waals surface area contributed by atoms with Crippen LogP contribution in [0.1, 0.15) is 6.92 Å². The van der Waals surface area contributed by atoms with Gasteiger partial charge in [0.1, 0.15) is 0 Å². The summed E-state index contributed by atoms with van der Waals surface area (Å²) in [6.07, 6.45) is 6.09. The molecule has 0 fully saturated rings. The van der Waals surface area contributed by atoms with E-state index in [0.29, 0.717) is 5.71 Å². The van der Waals surface area contributed by atoms with E-state index in [-0.39, 0.29) is 16.5 Å². The fraction of sp³-hybridized carbons (Fsp3) is 0.0714. The molecule has 0 bridgehead atoms. The van der Waals surface area contributed by atoms with Gasteiger partial charge < -0.3 is 0 Å². The zero-order valence-electron chi connectivity index (χ0n) is 10.7. The first-order valence-corrected chi connectivity index (χ1v) is 7.27. The van der Waals surface area contributed by atoms with Gasteiger partial charge in [-0.05, 0) is 36.4 Å². The first-order chi connectivity index (χ1) is 9.47. The van der Waals surface area contributed by atoms with Crippen molar-refractivity contribution in [3.05, 3.63) is 54.6 Å². The molecule has 5 nitrogen and oxygen atoms in total. The van der Waals surface area contributed by atoms with Crippen LogP contribution in [0.3, 0.4) is 0 Å². The number of sulfonamides is 1. The Morgan fingerprint density at radius 2 is 1.50 bits per heavy atom. The maximum absolute atomic E-state index is 12.0. The van der Waals surface area contributed by atoms with Crippen molar-refractivity contribution in [3.8, 4) is 0 Å². The Balaban J connectivity index is 2.27. The molecule has 0 aliphatic heterocycles. The van der Waals surface area contributed by atoms with Gasteiger partial charge in [0.25, 0.3) is 10.0 Å². The average molecular weight is 288 g/mol. The van der Waals surface area contributed by atoms with E-state index >= 15 is 0 Å². The maximum atomic E-state index is 12.0. The fourth-order valence-electron chi connectivity index (χ4n) is 1.55. The van der Waals surface area contributed by atoms with Crippen molar-refractivity contribution >= 4 is 27.4 Å². The van der Waals surface area contributed by atoms with Crippen molar-refractivity contribution in [1.29, 1.82) is 0 Å². The monoisotopic (exact) mass is 288 g/mol. The van der Waals surface area contributed by atoms with Crippen LogP contribution in [0, 0.1) is 0 Å². The van der Waals surface area contributed by atoms with Crippen LogP contribution in [-0.4, -0.2) is 25.7 Å². The number of carbonyl (C=O) groups is 1. The van der Waals surface area contributed by atoms with E-state index in [9.17, 15) is 13.2 Å². The summed E-state index contributed by atoms with van der Waals surface area (Å²) in [6.45, 7) is 1.35. The molecule has 0 saturated heterocycles. The summed E-state index contributed by atoms with van der Waals surface area (Å²) in [7, 11) is -3.72. The number of aliphatic imine (C=N–C) groups is 1. The first kappa shape index (κ1) is 14.1. The highest BCUT2D eigenvalue weighted by atomic mass is 32.2. The quantitative estimate of drug-likeness (QED) is 0.780. The molecule has 1 amide bonds. The van der Waals surface area contributed by atoms with Gasteiger partial charge in [-0.1, -0.05) is 18.2 Å². The largest absolute Gasteiger partial charge is 0.282 e.